The number of hydrogen-bond acceptors (Lipinski definition) is 6. The Morgan fingerprint density at radius 3 is 2.92 bits per heavy atom. The molecule has 0 saturated carbocycles. The normalized spacial score (nSPS) is 16.5. The maximum Gasteiger partial charge on any atom is 0.261 e. The minimum absolute atomic E-state index is 0.172. The number of benzene rings is 1. The van der Waals surface area contributed by atoms with Crippen LogP contribution in [0, 0.1) is 6.92 Å². The van der Waals surface area contributed by atoms with E-state index in [0.717, 1.165) is 93.1 Å². The van der Waals surface area contributed by atoms with Crippen molar-refractivity contribution in [1.29, 1.82) is 0 Å². The molecule has 0 amide bonds. The average molecular weight is 504 g/mol. The van der Waals surface area contributed by atoms with Gasteiger partial charge in [0.2, 0.25) is 0 Å². The van der Waals surface area contributed by atoms with Crippen molar-refractivity contribution in [2.24, 2.45) is 0 Å². The number of anilines is 1. The van der Waals surface area contributed by atoms with E-state index in [2.05, 4.69) is 39.3 Å². The van der Waals surface area contributed by atoms with Gasteiger partial charge in [0.1, 0.15) is 17.1 Å². The molecule has 2 aromatic heterocycles. The van der Waals surface area contributed by atoms with Gasteiger partial charge >= 0.3 is 0 Å². The summed E-state index contributed by atoms with van der Waals surface area (Å²) in [5.41, 5.74) is 6.61. The van der Waals surface area contributed by atoms with Crippen molar-refractivity contribution in [1.82, 2.24) is 19.9 Å². The van der Waals surface area contributed by atoms with Crippen LogP contribution in [-0.2, 0) is 4.74 Å². The molecule has 196 valence electrons. The first-order valence-electron chi connectivity index (χ1n) is 13.3. The first-order valence-corrected chi connectivity index (χ1v) is 13.3. The number of rotatable bonds is 10. The number of imidazole rings is 1. The monoisotopic (exact) mass is 503 g/mol. The van der Waals surface area contributed by atoms with Gasteiger partial charge < -0.3 is 24.8 Å². The fourth-order valence-electron chi connectivity index (χ4n) is 5.07. The molecule has 8 nitrogen and oxygen atoms in total. The van der Waals surface area contributed by atoms with E-state index in [-0.39, 0.29) is 5.56 Å². The molecule has 0 bridgehead atoms. The van der Waals surface area contributed by atoms with E-state index in [0.29, 0.717) is 18.0 Å². The largest absolute Gasteiger partial charge is 0.493 e. The second-order valence-corrected chi connectivity index (χ2v) is 9.96. The number of nitrogens with one attached hydrogen (secondary N) is 3. The Balaban J connectivity index is 1.27. The molecule has 0 radical (unpaired) electrons. The number of aromatic amines is 2. The van der Waals surface area contributed by atoms with Crippen LogP contribution >= 0.6 is 0 Å². The predicted molar refractivity (Wildman–Crippen MR) is 148 cm³/mol. The number of pyridine rings is 1. The van der Waals surface area contributed by atoms with Crippen LogP contribution in [0.25, 0.3) is 22.4 Å². The maximum atomic E-state index is 12.9. The first kappa shape index (κ1) is 25.3. The summed E-state index contributed by atoms with van der Waals surface area (Å²) in [6.07, 6.45) is 10.4. The number of ether oxygens (including phenoxy) is 2. The predicted octanol–water partition coefficient (Wildman–Crippen LogP) is 4.80. The number of fused-ring (bicyclic) bond motifs is 1. The van der Waals surface area contributed by atoms with Gasteiger partial charge in [0, 0.05) is 38.4 Å². The lowest BCUT2D eigenvalue weighted by Gasteiger charge is -2.26. The molecular formula is C29H37N5O3. The van der Waals surface area contributed by atoms with Crippen LogP contribution in [0.5, 0.6) is 5.75 Å². The van der Waals surface area contributed by atoms with E-state index in [4.69, 9.17) is 14.5 Å². The average Bonchev–Trinajstić information content (AvgIpc) is 3.32. The Morgan fingerprint density at radius 2 is 2.08 bits per heavy atom. The van der Waals surface area contributed by atoms with Crippen molar-refractivity contribution in [3.8, 4) is 17.1 Å². The van der Waals surface area contributed by atoms with E-state index in [9.17, 15) is 4.79 Å². The molecule has 1 saturated heterocycles. The molecule has 37 heavy (non-hydrogen) atoms. The van der Waals surface area contributed by atoms with Gasteiger partial charge in [-0.2, -0.15) is 0 Å². The highest BCUT2D eigenvalue weighted by Crippen LogP contribution is 2.29. The number of morpholine rings is 1. The fourth-order valence-corrected chi connectivity index (χ4v) is 5.07. The number of aromatic nitrogens is 3. The molecule has 1 fully saturated rings. The molecule has 2 aliphatic rings. The Hall–Kier alpha value is -3.36. The Labute approximate surface area is 217 Å². The highest BCUT2D eigenvalue weighted by atomic mass is 16.5. The summed E-state index contributed by atoms with van der Waals surface area (Å²) in [5, 5.41) is 3.46. The van der Waals surface area contributed by atoms with Gasteiger partial charge in [-0.25, -0.2) is 4.98 Å². The van der Waals surface area contributed by atoms with Crippen molar-refractivity contribution in [2.45, 2.75) is 39.5 Å². The van der Waals surface area contributed by atoms with Gasteiger partial charge in [-0.1, -0.05) is 23.3 Å². The van der Waals surface area contributed by atoms with E-state index < -0.39 is 0 Å². The fraction of sp³-hybridized carbons (Fsp3) is 0.448. The number of hydrogen-bond donors (Lipinski definition) is 3. The third-order valence-electron chi connectivity index (χ3n) is 7.05. The molecule has 1 aliphatic carbocycles. The van der Waals surface area contributed by atoms with Gasteiger partial charge in [0.05, 0.1) is 36.5 Å². The first-order chi connectivity index (χ1) is 18.1. The van der Waals surface area contributed by atoms with Crippen molar-refractivity contribution in [3.63, 3.8) is 0 Å². The quantitative estimate of drug-likeness (QED) is 0.344. The van der Waals surface area contributed by atoms with Crippen LogP contribution in [0.3, 0.4) is 0 Å². The summed E-state index contributed by atoms with van der Waals surface area (Å²) in [5.74, 6) is 1.37. The highest BCUT2D eigenvalue weighted by molar-refractivity contribution is 5.85. The summed E-state index contributed by atoms with van der Waals surface area (Å²) in [7, 11) is 0. The Kier molecular flexibility index (Phi) is 8.06. The second kappa shape index (κ2) is 11.8. The van der Waals surface area contributed by atoms with Crippen molar-refractivity contribution in [2.75, 3.05) is 51.3 Å². The maximum absolute atomic E-state index is 12.9. The molecule has 0 unspecified atom stereocenters. The SMILES string of the molecule is CC1=CC(CCNc2cc[nH]c(=O)c2-c2nc3c(C)cc(OCCCN4CCOCC4)cc3[nH]2)=CCC1. The smallest absolute Gasteiger partial charge is 0.261 e. The molecule has 1 aliphatic heterocycles. The topological polar surface area (TPSA) is 95.3 Å². The number of H-pyrrole nitrogens is 2. The van der Waals surface area contributed by atoms with Crippen molar-refractivity contribution in [3.05, 3.63) is 63.6 Å². The zero-order valence-electron chi connectivity index (χ0n) is 21.9. The highest BCUT2D eigenvalue weighted by Gasteiger charge is 2.16. The van der Waals surface area contributed by atoms with Gasteiger partial charge in [-0.3, -0.25) is 9.69 Å². The zero-order chi connectivity index (χ0) is 25.6. The molecule has 0 spiro atoms. The summed E-state index contributed by atoms with van der Waals surface area (Å²) in [6, 6.07) is 5.89. The Bertz CT molecular complexity index is 1350. The Morgan fingerprint density at radius 1 is 1.22 bits per heavy atom. The lowest BCUT2D eigenvalue weighted by Crippen LogP contribution is -2.37. The van der Waals surface area contributed by atoms with Crippen molar-refractivity contribution < 1.29 is 9.47 Å². The van der Waals surface area contributed by atoms with Gasteiger partial charge in [0.15, 0.2) is 0 Å². The minimum Gasteiger partial charge on any atom is -0.493 e. The molecule has 1 aromatic carbocycles. The van der Waals surface area contributed by atoms with Crippen LogP contribution in [0.2, 0.25) is 0 Å². The third-order valence-corrected chi connectivity index (χ3v) is 7.05. The van der Waals surface area contributed by atoms with E-state index >= 15 is 0 Å². The number of allylic oxidation sites excluding steroid dienone is 3. The molecule has 3 heterocycles. The van der Waals surface area contributed by atoms with Crippen molar-refractivity contribution >= 4 is 16.7 Å². The third kappa shape index (κ3) is 6.32. The summed E-state index contributed by atoms with van der Waals surface area (Å²) < 4.78 is 11.5. The molecule has 8 heteroatoms. The zero-order valence-corrected chi connectivity index (χ0v) is 21.9. The van der Waals surface area contributed by atoms with Gasteiger partial charge in [-0.15, -0.1) is 0 Å². The molecule has 3 N–H and O–H groups in total. The van der Waals surface area contributed by atoms with Crippen LogP contribution < -0.4 is 15.6 Å². The van der Waals surface area contributed by atoms with E-state index in [1.54, 1.807) is 6.20 Å². The van der Waals surface area contributed by atoms with Crippen LogP contribution in [0.1, 0.15) is 38.2 Å². The summed E-state index contributed by atoms with van der Waals surface area (Å²) in [4.78, 5) is 26.3. The molecular weight excluding hydrogens is 466 g/mol. The lowest BCUT2D eigenvalue weighted by molar-refractivity contribution is 0.0358. The second-order valence-electron chi connectivity index (χ2n) is 9.96. The summed E-state index contributed by atoms with van der Waals surface area (Å²) in [6.45, 7) is 10.2. The van der Waals surface area contributed by atoms with E-state index in [1.807, 2.05) is 25.1 Å². The number of nitrogens with zero attached hydrogens (tertiary/aromatic N) is 2. The standard InChI is InChI=1S/C29H37N5O3/c1-20-5-3-6-22(17-20)7-9-30-24-8-10-31-29(35)26(24)28-32-25-19-23(18-21(2)27(25)33-28)37-14-4-11-34-12-15-36-16-13-34/h6,8,10,17-19H,3-5,7,9,11-16H2,1-2H3,(H,32,33)(H2,30,31,35). The van der Waals surface area contributed by atoms with Crippen LogP contribution in [0.4, 0.5) is 5.69 Å². The molecule has 0 atom stereocenters. The molecule has 3 aromatic rings. The van der Waals surface area contributed by atoms with Crippen LogP contribution in [0.15, 0.2) is 52.5 Å². The van der Waals surface area contributed by atoms with Gasteiger partial charge in [-0.05, 0) is 57.2 Å². The molecule has 5 rings (SSSR count). The van der Waals surface area contributed by atoms with E-state index in [1.165, 1.54) is 11.1 Å². The lowest BCUT2D eigenvalue weighted by atomic mass is 9.99. The van der Waals surface area contributed by atoms with Crippen LogP contribution in [-0.4, -0.2) is 65.9 Å². The minimum atomic E-state index is -0.172. The summed E-state index contributed by atoms with van der Waals surface area (Å²) >= 11 is 0. The number of aryl methyl sites for hydroxylation is 1. The van der Waals surface area contributed by atoms with Gasteiger partial charge in [0.25, 0.3) is 5.56 Å².